The van der Waals surface area contributed by atoms with Crippen LogP contribution in [0.1, 0.15) is 20.3 Å². The van der Waals surface area contributed by atoms with Gasteiger partial charge in [0.05, 0.1) is 0 Å². The second-order valence-corrected chi connectivity index (χ2v) is 2.53. The molecule has 0 saturated heterocycles. The monoisotopic (exact) mass is 139 g/mol. The second kappa shape index (κ2) is 6.56. The quantitative estimate of drug-likeness (QED) is 0.593. The maximum atomic E-state index is 5.43. The molecule has 1 atom stereocenters. The molecular weight excluding hydrogens is 122 g/mol. The number of hydrogen-bond donors (Lipinski definition) is 1. The molecule has 0 aliphatic heterocycles. The molecule has 0 rings (SSSR count). The number of allylic oxidation sites excluding steroid dienone is 4. The fourth-order valence-corrected chi connectivity index (χ4v) is 0.597. The summed E-state index contributed by atoms with van der Waals surface area (Å²) in [6.45, 7) is 4.94. The SMILES string of the molecule is C/C=C\C=C/CC(C)CN. The van der Waals surface area contributed by atoms with E-state index in [9.17, 15) is 0 Å². The highest BCUT2D eigenvalue weighted by Crippen LogP contribution is 1.99. The van der Waals surface area contributed by atoms with Gasteiger partial charge in [-0.25, -0.2) is 0 Å². The number of rotatable bonds is 4. The summed E-state index contributed by atoms with van der Waals surface area (Å²) >= 11 is 0. The van der Waals surface area contributed by atoms with E-state index in [4.69, 9.17) is 5.73 Å². The van der Waals surface area contributed by atoms with E-state index in [0.717, 1.165) is 13.0 Å². The van der Waals surface area contributed by atoms with Gasteiger partial charge >= 0.3 is 0 Å². The largest absolute Gasteiger partial charge is 0.330 e. The van der Waals surface area contributed by atoms with Crippen LogP contribution in [0.2, 0.25) is 0 Å². The molecule has 0 saturated carbocycles. The van der Waals surface area contributed by atoms with Crippen molar-refractivity contribution in [3.63, 3.8) is 0 Å². The number of nitrogens with two attached hydrogens (primary N) is 1. The van der Waals surface area contributed by atoms with Crippen molar-refractivity contribution >= 4 is 0 Å². The summed E-state index contributed by atoms with van der Waals surface area (Å²) < 4.78 is 0. The Hall–Kier alpha value is -0.560. The molecule has 1 heteroatoms. The molecule has 0 aromatic carbocycles. The van der Waals surface area contributed by atoms with Gasteiger partial charge in [0.15, 0.2) is 0 Å². The Morgan fingerprint density at radius 3 is 2.60 bits per heavy atom. The fraction of sp³-hybridized carbons (Fsp3) is 0.556. The molecule has 0 heterocycles. The Morgan fingerprint density at radius 1 is 1.40 bits per heavy atom. The Labute approximate surface area is 63.6 Å². The first kappa shape index (κ1) is 9.44. The van der Waals surface area contributed by atoms with E-state index in [1.54, 1.807) is 0 Å². The first-order chi connectivity index (χ1) is 4.81. The van der Waals surface area contributed by atoms with Crippen LogP contribution in [0.4, 0.5) is 0 Å². The van der Waals surface area contributed by atoms with E-state index in [1.807, 2.05) is 19.1 Å². The lowest BCUT2D eigenvalue weighted by molar-refractivity contribution is 0.606. The molecule has 0 radical (unpaired) electrons. The van der Waals surface area contributed by atoms with Crippen molar-refractivity contribution in [2.75, 3.05) is 6.54 Å². The van der Waals surface area contributed by atoms with E-state index >= 15 is 0 Å². The third-order valence-corrected chi connectivity index (χ3v) is 1.38. The van der Waals surface area contributed by atoms with Gasteiger partial charge in [0, 0.05) is 0 Å². The van der Waals surface area contributed by atoms with E-state index in [-0.39, 0.29) is 0 Å². The van der Waals surface area contributed by atoms with Crippen molar-refractivity contribution in [2.45, 2.75) is 20.3 Å². The Bertz CT molecular complexity index is 114. The van der Waals surface area contributed by atoms with Gasteiger partial charge in [-0.05, 0) is 25.8 Å². The van der Waals surface area contributed by atoms with Crippen molar-refractivity contribution in [1.82, 2.24) is 0 Å². The lowest BCUT2D eigenvalue weighted by Gasteiger charge is -2.01. The highest BCUT2D eigenvalue weighted by atomic mass is 14.5. The summed E-state index contributed by atoms with van der Waals surface area (Å²) in [6, 6.07) is 0. The predicted octanol–water partition coefficient (Wildman–Crippen LogP) is 2.10. The second-order valence-electron chi connectivity index (χ2n) is 2.53. The maximum absolute atomic E-state index is 5.43. The van der Waals surface area contributed by atoms with E-state index in [0.29, 0.717) is 5.92 Å². The van der Waals surface area contributed by atoms with Crippen molar-refractivity contribution in [3.8, 4) is 0 Å². The van der Waals surface area contributed by atoms with Crippen LogP contribution in [-0.4, -0.2) is 6.54 Å². The normalized spacial score (nSPS) is 15.1. The minimum Gasteiger partial charge on any atom is -0.330 e. The van der Waals surface area contributed by atoms with Crippen LogP contribution in [0.3, 0.4) is 0 Å². The highest BCUT2D eigenvalue weighted by Gasteiger charge is 1.91. The Balaban J connectivity index is 3.33. The van der Waals surface area contributed by atoms with Crippen LogP contribution >= 0.6 is 0 Å². The molecule has 0 spiro atoms. The standard InChI is InChI=1S/C9H17N/c1-3-4-5-6-7-9(2)8-10/h3-6,9H,7-8,10H2,1-2H3/b4-3-,6-5-. The molecule has 0 aliphatic rings. The smallest absolute Gasteiger partial charge is 0.00485 e. The van der Waals surface area contributed by atoms with Crippen LogP contribution in [0.15, 0.2) is 24.3 Å². The van der Waals surface area contributed by atoms with Crippen molar-refractivity contribution in [3.05, 3.63) is 24.3 Å². The van der Waals surface area contributed by atoms with Gasteiger partial charge < -0.3 is 5.73 Å². The van der Waals surface area contributed by atoms with E-state index in [2.05, 4.69) is 19.1 Å². The van der Waals surface area contributed by atoms with Crippen LogP contribution in [0.25, 0.3) is 0 Å². The van der Waals surface area contributed by atoms with E-state index in [1.165, 1.54) is 0 Å². The number of hydrogen-bond acceptors (Lipinski definition) is 1. The minimum absolute atomic E-state index is 0.613. The van der Waals surface area contributed by atoms with Crippen LogP contribution in [0.5, 0.6) is 0 Å². The van der Waals surface area contributed by atoms with Crippen LogP contribution in [0, 0.1) is 5.92 Å². The molecule has 0 aliphatic carbocycles. The lowest BCUT2D eigenvalue weighted by Crippen LogP contribution is -2.09. The molecular formula is C9H17N. The molecule has 0 bridgehead atoms. The van der Waals surface area contributed by atoms with Gasteiger partial charge in [-0.3, -0.25) is 0 Å². The molecule has 0 aromatic rings. The summed E-state index contributed by atoms with van der Waals surface area (Å²) in [4.78, 5) is 0. The zero-order valence-electron chi connectivity index (χ0n) is 6.88. The maximum Gasteiger partial charge on any atom is -0.00485 e. The third-order valence-electron chi connectivity index (χ3n) is 1.38. The molecule has 0 fully saturated rings. The van der Waals surface area contributed by atoms with Gasteiger partial charge in [0.25, 0.3) is 0 Å². The molecule has 58 valence electrons. The third kappa shape index (κ3) is 5.57. The van der Waals surface area contributed by atoms with Crippen LogP contribution < -0.4 is 5.73 Å². The Kier molecular flexibility index (Phi) is 6.19. The highest BCUT2D eigenvalue weighted by molar-refractivity contribution is 5.01. The minimum atomic E-state index is 0.613. The summed E-state index contributed by atoms with van der Waals surface area (Å²) in [6.07, 6.45) is 9.34. The average molecular weight is 139 g/mol. The molecule has 1 unspecified atom stereocenters. The summed E-state index contributed by atoms with van der Waals surface area (Å²) in [5.74, 6) is 0.613. The molecule has 10 heavy (non-hydrogen) atoms. The molecule has 0 aromatic heterocycles. The molecule has 0 amide bonds. The first-order valence-corrected chi connectivity index (χ1v) is 3.79. The topological polar surface area (TPSA) is 26.0 Å². The Morgan fingerprint density at radius 2 is 2.10 bits per heavy atom. The first-order valence-electron chi connectivity index (χ1n) is 3.79. The summed E-state index contributed by atoms with van der Waals surface area (Å²) in [7, 11) is 0. The lowest BCUT2D eigenvalue weighted by atomic mass is 10.1. The van der Waals surface area contributed by atoms with Crippen molar-refractivity contribution in [2.24, 2.45) is 11.7 Å². The zero-order valence-corrected chi connectivity index (χ0v) is 6.88. The summed E-state index contributed by atoms with van der Waals surface area (Å²) in [5, 5.41) is 0. The predicted molar refractivity (Wildman–Crippen MR) is 46.8 cm³/mol. The van der Waals surface area contributed by atoms with Gasteiger partial charge in [-0.2, -0.15) is 0 Å². The molecule has 1 nitrogen and oxygen atoms in total. The van der Waals surface area contributed by atoms with Gasteiger partial charge in [0.1, 0.15) is 0 Å². The summed E-state index contributed by atoms with van der Waals surface area (Å²) in [5.41, 5.74) is 5.43. The fourth-order valence-electron chi connectivity index (χ4n) is 0.597. The molecule has 2 N–H and O–H groups in total. The van der Waals surface area contributed by atoms with Gasteiger partial charge in [-0.1, -0.05) is 31.2 Å². The van der Waals surface area contributed by atoms with E-state index < -0.39 is 0 Å². The van der Waals surface area contributed by atoms with Crippen molar-refractivity contribution < 1.29 is 0 Å². The van der Waals surface area contributed by atoms with Crippen LogP contribution in [-0.2, 0) is 0 Å². The van der Waals surface area contributed by atoms with Gasteiger partial charge in [0.2, 0.25) is 0 Å². The van der Waals surface area contributed by atoms with Crippen molar-refractivity contribution in [1.29, 1.82) is 0 Å². The average Bonchev–Trinajstić information content (AvgIpc) is 1.98. The zero-order chi connectivity index (χ0) is 7.82. The van der Waals surface area contributed by atoms with Gasteiger partial charge in [-0.15, -0.1) is 0 Å².